The van der Waals surface area contributed by atoms with Crippen molar-refractivity contribution in [2.45, 2.75) is 76.5 Å². The molecule has 1 fully saturated rings. The van der Waals surface area contributed by atoms with Crippen molar-refractivity contribution in [1.82, 2.24) is 0 Å². The zero-order valence-corrected chi connectivity index (χ0v) is 13.8. The Morgan fingerprint density at radius 1 is 1.00 bits per heavy atom. The summed E-state index contributed by atoms with van der Waals surface area (Å²) in [6.07, 6.45) is 10.8. The van der Waals surface area contributed by atoms with Crippen LogP contribution in [0.1, 0.15) is 87.6 Å². The van der Waals surface area contributed by atoms with Gasteiger partial charge in [0, 0.05) is 0 Å². The van der Waals surface area contributed by atoms with Crippen LogP contribution in [0, 0.1) is 5.92 Å². The van der Waals surface area contributed by atoms with Gasteiger partial charge in [-0.15, -0.1) is 11.6 Å². The van der Waals surface area contributed by atoms with Crippen molar-refractivity contribution >= 4 is 11.6 Å². The number of alkyl halides is 1. The third kappa shape index (κ3) is 4.52. The highest BCUT2D eigenvalue weighted by Gasteiger charge is 2.18. The van der Waals surface area contributed by atoms with E-state index in [1.54, 1.807) is 0 Å². The minimum Gasteiger partial charge on any atom is -0.118 e. The highest BCUT2D eigenvalue weighted by molar-refractivity contribution is 6.20. The van der Waals surface area contributed by atoms with Gasteiger partial charge < -0.3 is 0 Å². The van der Waals surface area contributed by atoms with Crippen LogP contribution in [0.15, 0.2) is 24.3 Å². The van der Waals surface area contributed by atoms with Crippen molar-refractivity contribution in [3.63, 3.8) is 0 Å². The first kappa shape index (κ1) is 15.9. The van der Waals surface area contributed by atoms with Crippen LogP contribution >= 0.6 is 11.6 Å². The van der Waals surface area contributed by atoms with Gasteiger partial charge in [-0.3, -0.25) is 0 Å². The van der Waals surface area contributed by atoms with Crippen molar-refractivity contribution in [2.75, 3.05) is 0 Å². The average Bonchev–Trinajstić information content (AvgIpc) is 2.75. The number of benzene rings is 1. The van der Waals surface area contributed by atoms with Crippen LogP contribution in [-0.4, -0.2) is 0 Å². The van der Waals surface area contributed by atoms with Crippen molar-refractivity contribution in [1.29, 1.82) is 0 Å². The number of hydrogen-bond donors (Lipinski definition) is 0. The molecule has 0 aromatic heterocycles. The summed E-state index contributed by atoms with van der Waals surface area (Å²) in [5.41, 5.74) is 2.75. The van der Waals surface area contributed by atoms with Crippen LogP contribution in [0.5, 0.6) is 0 Å². The molecule has 1 aliphatic rings. The molecule has 2 unspecified atom stereocenters. The molecule has 0 amide bonds. The van der Waals surface area contributed by atoms with E-state index in [4.69, 9.17) is 11.6 Å². The SMILES string of the molecule is CCC(C)c1ccc(C(Cl)CC2CCCCCC2)cc1. The first-order valence-corrected chi connectivity index (χ1v) is 8.88. The first-order valence-electron chi connectivity index (χ1n) is 8.44. The summed E-state index contributed by atoms with van der Waals surface area (Å²) in [4.78, 5) is 0. The standard InChI is InChI=1S/C19H29Cl/c1-3-15(2)17-10-12-18(13-11-17)19(20)14-16-8-6-4-5-7-9-16/h10-13,15-16,19H,3-9,14H2,1-2H3. The Bertz CT molecular complexity index is 373. The van der Waals surface area contributed by atoms with E-state index in [9.17, 15) is 0 Å². The molecule has 2 rings (SSSR count). The minimum atomic E-state index is 0.198. The molecule has 1 aliphatic carbocycles. The van der Waals surface area contributed by atoms with Gasteiger partial charge in [0.1, 0.15) is 0 Å². The maximum absolute atomic E-state index is 6.66. The van der Waals surface area contributed by atoms with E-state index < -0.39 is 0 Å². The van der Waals surface area contributed by atoms with Crippen molar-refractivity contribution in [2.24, 2.45) is 5.92 Å². The Kier molecular flexibility index (Phi) is 6.42. The zero-order valence-electron chi connectivity index (χ0n) is 13.1. The second-order valence-electron chi connectivity index (χ2n) is 6.54. The predicted octanol–water partition coefficient (Wildman–Crippen LogP) is 6.84. The number of hydrogen-bond acceptors (Lipinski definition) is 0. The van der Waals surface area contributed by atoms with E-state index in [1.165, 1.54) is 56.1 Å². The lowest BCUT2D eigenvalue weighted by Gasteiger charge is -2.19. The van der Waals surface area contributed by atoms with Crippen LogP contribution in [0.3, 0.4) is 0 Å². The average molecular weight is 293 g/mol. The van der Waals surface area contributed by atoms with E-state index in [0.29, 0.717) is 5.92 Å². The van der Waals surface area contributed by atoms with E-state index in [1.807, 2.05) is 0 Å². The molecule has 0 nitrogen and oxygen atoms in total. The van der Waals surface area contributed by atoms with Gasteiger partial charge in [-0.05, 0) is 35.8 Å². The summed E-state index contributed by atoms with van der Waals surface area (Å²) in [7, 11) is 0. The topological polar surface area (TPSA) is 0 Å². The molecule has 0 radical (unpaired) electrons. The molecule has 1 aromatic carbocycles. The lowest BCUT2D eigenvalue weighted by atomic mass is 9.91. The molecular formula is C19H29Cl. The van der Waals surface area contributed by atoms with Crippen molar-refractivity contribution < 1.29 is 0 Å². The third-order valence-corrected chi connectivity index (χ3v) is 5.42. The van der Waals surface area contributed by atoms with Crippen molar-refractivity contribution in [3.8, 4) is 0 Å². The summed E-state index contributed by atoms with van der Waals surface area (Å²) in [5.74, 6) is 1.49. The Labute approximate surface area is 129 Å². The Hall–Kier alpha value is -0.490. The highest BCUT2D eigenvalue weighted by atomic mass is 35.5. The third-order valence-electron chi connectivity index (χ3n) is 4.99. The maximum atomic E-state index is 6.66. The molecule has 1 saturated carbocycles. The van der Waals surface area contributed by atoms with Crippen molar-refractivity contribution in [3.05, 3.63) is 35.4 Å². The second-order valence-corrected chi connectivity index (χ2v) is 7.06. The van der Waals surface area contributed by atoms with Gasteiger partial charge in [-0.2, -0.15) is 0 Å². The molecule has 0 saturated heterocycles. The quantitative estimate of drug-likeness (QED) is 0.411. The molecular weight excluding hydrogens is 264 g/mol. The second kappa shape index (κ2) is 8.08. The summed E-state index contributed by atoms with van der Waals surface area (Å²) >= 11 is 6.66. The first-order chi connectivity index (χ1) is 9.70. The minimum absolute atomic E-state index is 0.198. The summed E-state index contributed by atoms with van der Waals surface area (Å²) in [6, 6.07) is 9.03. The van der Waals surface area contributed by atoms with E-state index in [2.05, 4.69) is 38.1 Å². The molecule has 0 aliphatic heterocycles. The molecule has 1 heteroatoms. The fourth-order valence-electron chi connectivity index (χ4n) is 3.30. The van der Waals surface area contributed by atoms with Crippen LogP contribution < -0.4 is 0 Å². The van der Waals surface area contributed by atoms with Crippen LogP contribution in [0.4, 0.5) is 0 Å². The Balaban J connectivity index is 1.92. The summed E-state index contributed by atoms with van der Waals surface area (Å²) in [5, 5.41) is 0.198. The van der Waals surface area contributed by atoms with Gasteiger partial charge in [0.2, 0.25) is 0 Å². The van der Waals surface area contributed by atoms with Gasteiger partial charge in [0.25, 0.3) is 0 Å². The maximum Gasteiger partial charge on any atom is 0.0587 e. The van der Waals surface area contributed by atoms with Gasteiger partial charge in [-0.25, -0.2) is 0 Å². The molecule has 1 aromatic rings. The van der Waals surface area contributed by atoms with Crippen LogP contribution in [-0.2, 0) is 0 Å². The lowest BCUT2D eigenvalue weighted by Crippen LogP contribution is -2.03. The van der Waals surface area contributed by atoms with Gasteiger partial charge in [-0.1, -0.05) is 76.6 Å². The van der Waals surface area contributed by atoms with Crippen LogP contribution in [0.2, 0.25) is 0 Å². The molecule has 0 bridgehead atoms. The Morgan fingerprint density at radius 2 is 1.55 bits per heavy atom. The zero-order chi connectivity index (χ0) is 14.4. The monoisotopic (exact) mass is 292 g/mol. The molecule has 0 spiro atoms. The Morgan fingerprint density at radius 3 is 2.10 bits per heavy atom. The van der Waals surface area contributed by atoms with Crippen LogP contribution in [0.25, 0.3) is 0 Å². The number of halogens is 1. The lowest BCUT2D eigenvalue weighted by molar-refractivity contribution is 0.423. The fourth-order valence-corrected chi connectivity index (χ4v) is 3.69. The normalized spacial score (nSPS) is 20.4. The van der Waals surface area contributed by atoms with Gasteiger partial charge in [0.15, 0.2) is 0 Å². The van der Waals surface area contributed by atoms with E-state index in [0.717, 1.165) is 12.3 Å². The molecule has 0 heterocycles. The predicted molar refractivity (Wildman–Crippen MR) is 89.6 cm³/mol. The molecule has 20 heavy (non-hydrogen) atoms. The van der Waals surface area contributed by atoms with Gasteiger partial charge >= 0.3 is 0 Å². The number of rotatable bonds is 5. The fraction of sp³-hybridized carbons (Fsp3) is 0.684. The summed E-state index contributed by atoms with van der Waals surface area (Å²) in [6.45, 7) is 4.54. The summed E-state index contributed by atoms with van der Waals surface area (Å²) < 4.78 is 0. The van der Waals surface area contributed by atoms with Gasteiger partial charge in [0.05, 0.1) is 5.38 Å². The molecule has 2 atom stereocenters. The molecule has 0 N–H and O–H groups in total. The smallest absolute Gasteiger partial charge is 0.0587 e. The highest BCUT2D eigenvalue weighted by Crippen LogP contribution is 2.35. The largest absolute Gasteiger partial charge is 0.118 e. The molecule has 112 valence electrons. The van der Waals surface area contributed by atoms with E-state index >= 15 is 0 Å². The van der Waals surface area contributed by atoms with E-state index in [-0.39, 0.29) is 5.38 Å².